The minimum absolute atomic E-state index is 0.0113. The molecular weight excluding hydrogens is 437 g/mol. The van der Waals surface area contributed by atoms with Crippen molar-refractivity contribution in [3.8, 4) is 0 Å². The second-order valence-corrected chi connectivity index (χ2v) is 9.83. The van der Waals surface area contributed by atoms with Crippen molar-refractivity contribution >= 4 is 17.6 Å². The second-order valence-electron chi connectivity index (χ2n) is 9.83. The number of allylic oxidation sites excluding steroid dienone is 1. The molecule has 0 unspecified atom stereocenters. The lowest BCUT2D eigenvalue weighted by Crippen LogP contribution is -2.66. The molecule has 1 saturated heterocycles. The number of Topliss-reactive ketones (excluding diaryl/α,β-unsaturated/α-hetero) is 1. The van der Waals surface area contributed by atoms with Gasteiger partial charge >= 0.3 is 6.18 Å². The van der Waals surface area contributed by atoms with Crippen molar-refractivity contribution in [3.05, 3.63) is 46.7 Å². The standard InChI is InChI=1S/C24H27F3N2O4/c1-14-7-4-5-9-16(14)20(31)28-23(24(25,26)27)19-17(11-22(2,3)12-18(19)30)29(21(23)32)13-15-8-6-10-33-15/h4-5,7,9,15H,6,8,10-13H2,1-3H3,(H,28,31)/t15-,23-/m1/s1. The maximum atomic E-state index is 14.8. The topological polar surface area (TPSA) is 75.7 Å². The third kappa shape index (κ3) is 3.86. The van der Waals surface area contributed by atoms with Gasteiger partial charge in [0.05, 0.1) is 18.2 Å². The Morgan fingerprint density at radius 1 is 1.21 bits per heavy atom. The van der Waals surface area contributed by atoms with E-state index in [-0.39, 0.29) is 30.6 Å². The number of alkyl halides is 3. The largest absolute Gasteiger partial charge is 0.425 e. The number of hydrogen-bond donors (Lipinski definition) is 1. The first-order chi connectivity index (χ1) is 15.4. The number of carbonyl (C=O) groups excluding carboxylic acids is 3. The third-order valence-electron chi connectivity index (χ3n) is 6.65. The molecule has 0 saturated carbocycles. The van der Waals surface area contributed by atoms with E-state index in [9.17, 15) is 27.6 Å². The van der Waals surface area contributed by atoms with Crippen LogP contribution in [0.3, 0.4) is 0 Å². The van der Waals surface area contributed by atoms with Gasteiger partial charge in [0.15, 0.2) is 5.78 Å². The minimum Gasteiger partial charge on any atom is -0.376 e. The number of carbonyl (C=O) groups is 3. The van der Waals surface area contributed by atoms with E-state index < -0.39 is 46.4 Å². The Morgan fingerprint density at radius 3 is 2.52 bits per heavy atom. The van der Waals surface area contributed by atoms with Crippen molar-refractivity contribution in [1.82, 2.24) is 10.2 Å². The number of halogens is 3. The molecule has 33 heavy (non-hydrogen) atoms. The number of hydrogen-bond acceptors (Lipinski definition) is 4. The first-order valence-electron chi connectivity index (χ1n) is 11.0. The van der Waals surface area contributed by atoms with Gasteiger partial charge in [-0.15, -0.1) is 0 Å². The van der Waals surface area contributed by atoms with Crippen LogP contribution in [0.4, 0.5) is 13.2 Å². The Hall–Kier alpha value is -2.68. The average molecular weight is 464 g/mol. The van der Waals surface area contributed by atoms with Crippen LogP contribution in [0.25, 0.3) is 0 Å². The van der Waals surface area contributed by atoms with Gasteiger partial charge in [0, 0.05) is 24.3 Å². The fourth-order valence-corrected chi connectivity index (χ4v) is 5.08. The molecule has 0 bridgehead atoms. The van der Waals surface area contributed by atoms with Crippen LogP contribution in [0.1, 0.15) is 55.5 Å². The first-order valence-corrected chi connectivity index (χ1v) is 11.0. The number of rotatable bonds is 4. The molecule has 1 aromatic carbocycles. The molecular formula is C24H27F3N2O4. The molecule has 1 aliphatic carbocycles. The second kappa shape index (κ2) is 7.97. The van der Waals surface area contributed by atoms with Crippen LogP contribution in [0, 0.1) is 12.3 Å². The number of amides is 2. The summed E-state index contributed by atoms with van der Waals surface area (Å²) in [6.07, 6.45) is -4.31. The zero-order valence-corrected chi connectivity index (χ0v) is 18.8. The van der Waals surface area contributed by atoms with E-state index in [1.54, 1.807) is 32.9 Å². The molecule has 4 rings (SSSR count). The predicted molar refractivity (Wildman–Crippen MR) is 113 cm³/mol. The molecule has 2 atom stereocenters. The molecule has 3 aliphatic rings. The van der Waals surface area contributed by atoms with Crippen LogP contribution >= 0.6 is 0 Å². The number of nitrogens with zero attached hydrogens (tertiary/aromatic N) is 1. The highest BCUT2D eigenvalue weighted by Crippen LogP contribution is 2.52. The lowest BCUT2D eigenvalue weighted by Gasteiger charge is -2.35. The number of benzene rings is 1. The van der Waals surface area contributed by atoms with Crippen molar-refractivity contribution in [2.24, 2.45) is 5.41 Å². The van der Waals surface area contributed by atoms with Gasteiger partial charge < -0.3 is 15.0 Å². The lowest BCUT2D eigenvalue weighted by atomic mass is 9.72. The Bertz CT molecular complexity index is 1040. The molecule has 0 spiro atoms. The monoisotopic (exact) mass is 464 g/mol. The summed E-state index contributed by atoms with van der Waals surface area (Å²) < 4.78 is 49.9. The first kappa shape index (κ1) is 23.5. The van der Waals surface area contributed by atoms with Gasteiger partial charge in [-0.05, 0) is 43.2 Å². The molecule has 2 amide bonds. The van der Waals surface area contributed by atoms with E-state index in [1.165, 1.54) is 12.1 Å². The van der Waals surface area contributed by atoms with Crippen LogP contribution < -0.4 is 5.32 Å². The summed E-state index contributed by atoms with van der Waals surface area (Å²) >= 11 is 0. The molecule has 0 radical (unpaired) electrons. The molecule has 178 valence electrons. The molecule has 1 N–H and O–H groups in total. The van der Waals surface area contributed by atoms with E-state index in [2.05, 4.69) is 0 Å². The molecule has 2 aliphatic heterocycles. The van der Waals surface area contributed by atoms with E-state index >= 15 is 0 Å². The van der Waals surface area contributed by atoms with E-state index in [0.29, 0.717) is 18.6 Å². The van der Waals surface area contributed by atoms with E-state index in [4.69, 9.17) is 4.74 Å². The fraction of sp³-hybridized carbons (Fsp3) is 0.542. The quantitative estimate of drug-likeness (QED) is 0.738. The number of ether oxygens (including phenoxy) is 1. The predicted octanol–water partition coefficient (Wildman–Crippen LogP) is 3.69. The van der Waals surface area contributed by atoms with Crippen LogP contribution in [-0.4, -0.2) is 53.5 Å². The molecule has 1 aromatic rings. The Labute approximate surface area is 190 Å². The van der Waals surface area contributed by atoms with Crippen molar-refractivity contribution < 1.29 is 32.3 Å². The summed E-state index contributed by atoms with van der Waals surface area (Å²) in [7, 11) is 0. The highest BCUT2D eigenvalue weighted by molar-refractivity contribution is 6.14. The molecule has 0 aromatic heterocycles. The fourth-order valence-electron chi connectivity index (χ4n) is 5.08. The molecule has 9 heteroatoms. The summed E-state index contributed by atoms with van der Waals surface area (Å²) in [6, 6.07) is 6.16. The highest BCUT2D eigenvalue weighted by Gasteiger charge is 2.71. The normalized spacial score (nSPS) is 27.2. The van der Waals surface area contributed by atoms with Gasteiger partial charge in [0.2, 0.25) is 5.54 Å². The summed E-state index contributed by atoms with van der Waals surface area (Å²) in [6.45, 7) is 5.54. The summed E-state index contributed by atoms with van der Waals surface area (Å²) in [5.74, 6) is -3.17. The van der Waals surface area contributed by atoms with Gasteiger partial charge in [-0.2, -0.15) is 13.2 Å². The Balaban J connectivity index is 1.85. The number of nitrogens with one attached hydrogen (secondary N) is 1. The number of ketones is 1. The van der Waals surface area contributed by atoms with Crippen molar-refractivity contribution in [1.29, 1.82) is 0 Å². The maximum absolute atomic E-state index is 14.8. The van der Waals surface area contributed by atoms with Gasteiger partial charge in [-0.25, -0.2) is 0 Å². The minimum atomic E-state index is -5.22. The van der Waals surface area contributed by atoms with Crippen molar-refractivity contribution in [2.75, 3.05) is 13.2 Å². The summed E-state index contributed by atoms with van der Waals surface area (Å²) in [4.78, 5) is 40.8. The van der Waals surface area contributed by atoms with E-state index in [1.807, 2.05) is 5.32 Å². The van der Waals surface area contributed by atoms with Gasteiger partial charge in [0.25, 0.3) is 11.8 Å². The van der Waals surface area contributed by atoms with Crippen molar-refractivity contribution in [2.45, 2.75) is 64.3 Å². The van der Waals surface area contributed by atoms with Crippen LogP contribution in [0.5, 0.6) is 0 Å². The highest BCUT2D eigenvalue weighted by atomic mass is 19.4. The SMILES string of the molecule is Cc1ccccc1C(=O)N[C@@]1(C(F)(F)F)C(=O)N(C[C@H]2CCCO2)C2=C1C(=O)CC(C)(C)C2. The Kier molecular flexibility index (Phi) is 5.67. The Morgan fingerprint density at radius 2 is 1.91 bits per heavy atom. The van der Waals surface area contributed by atoms with E-state index in [0.717, 1.165) is 11.3 Å². The van der Waals surface area contributed by atoms with Crippen LogP contribution in [0.15, 0.2) is 35.5 Å². The average Bonchev–Trinajstić information content (AvgIpc) is 3.28. The summed E-state index contributed by atoms with van der Waals surface area (Å²) in [5.41, 5.74) is -4.18. The maximum Gasteiger partial charge on any atom is 0.425 e. The summed E-state index contributed by atoms with van der Waals surface area (Å²) in [5, 5.41) is 1.98. The van der Waals surface area contributed by atoms with Crippen LogP contribution in [0.2, 0.25) is 0 Å². The van der Waals surface area contributed by atoms with Gasteiger partial charge in [-0.3, -0.25) is 14.4 Å². The molecule has 1 fully saturated rings. The molecule has 2 heterocycles. The van der Waals surface area contributed by atoms with Crippen LogP contribution in [-0.2, 0) is 14.3 Å². The smallest absolute Gasteiger partial charge is 0.376 e. The van der Waals surface area contributed by atoms with Gasteiger partial charge in [0.1, 0.15) is 0 Å². The molecule has 6 nitrogen and oxygen atoms in total. The lowest BCUT2D eigenvalue weighted by molar-refractivity contribution is -0.191. The number of aryl methyl sites for hydroxylation is 1. The zero-order valence-electron chi connectivity index (χ0n) is 18.8. The van der Waals surface area contributed by atoms with Gasteiger partial charge in [-0.1, -0.05) is 32.0 Å². The third-order valence-corrected chi connectivity index (χ3v) is 6.65. The zero-order chi connectivity index (χ0) is 24.2. The van der Waals surface area contributed by atoms with Crippen molar-refractivity contribution in [3.63, 3.8) is 0 Å².